The number of rotatable bonds is 4. The maximum atomic E-state index is 12.0. The summed E-state index contributed by atoms with van der Waals surface area (Å²) in [7, 11) is 0. The molecule has 1 saturated heterocycles. The highest BCUT2D eigenvalue weighted by Crippen LogP contribution is 2.26. The number of halogens is 1. The second kappa shape index (κ2) is 9.09. The van der Waals surface area contributed by atoms with Crippen LogP contribution in [-0.4, -0.2) is 36.0 Å². The van der Waals surface area contributed by atoms with Crippen molar-refractivity contribution in [3.63, 3.8) is 0 Å². The van der Waals surface area contributed by atoms with Crippen molar-refractivity contribution in [2.24, 2.45) is 5.92 Å². The van der Waals surface area contributed by atoms with Crippen LogP contribution in [0.25, 0.3) is 0 Å². The summed E-state index contributed by atoms with van der Waals surface area (Å²) < 4.78 is 0. The first-order valence-electron chi connectivity index (χ1n) is 7.38. The fourth-order valence-electron chi connectivity index (χ4n) is 3.05. The third-order valence-corrected chi connectivity index (χ3v) is 5.29. The average molecular weight is 307 g/mol. The Balaban J connectivity index is 0.00000180. The van der Waals surface area contributed by atoms with E-state index in [0.29, 0.717) is 18.5 Å². The average Bonchev–Trinajstić information content (AvgIpc) is 2.40. The van der Waals surface area contributed by atoms with Crippen molar-refractivity contribution in [2.45, 2.75) is 57.5 Å². The summed E-state index contributed by atoms with van der Waals surface area (Å²) in [6.07, 6.45) is 6.91. The summed E-state index contributed by atoms with van der Waals surface area (Å²) in [4.78, 5) is 12.0. The van der Waals surface area contributed by atoms with Gasteiger partial charge in [0.25, 0.3) is 0 Å². The lowest BCUT2D eigenvalue weighted by Crippen LogP contribution is -2.44. The lowest BCUT2D eigenvalue weighted by atomic mass is 9.84. The van der Waals surface area contributed by atoms with Gasteiger partial charge in [-0.1, -0.05) is 26.2 Å². The van der Waals surface area contributed by atoms with Crippen LogP contribution in [-0.2, 0) is 4.79 Å². The van der Waals surface area contributed by atoms with Gasteiger partial charge in [-0.3, -0.25) is 4.79 Å². The molecule has 1 heterocycles. The number of carbonyl (C=O) groups is 1. The quantitative estimate of drug-likeness (QED) is 0.839. The van der Waals surface area contributed by atoms with Crippen molar-refractivity contribution in [1.82, 2.24) is 10.6 Å². The van der Waals surface area contributed by atoms with Crippen LogP contribution >= 0.6 is 24.2 Å². The molecule has 0 aromatic heterocycles. The maximum absolute atomic E-state index is 12.0. The van der Waals surface area contributed by atoms with Gasteiger partial charge in [-0.05, 0) is 18.8 Å². The molecule has 112 valence electrons. The number of hydrogen-bond acceptors (Lipinski definition) is 3. The number of amides is 1. The fourth-order valence-corrected chi connectivity index (χ4v) is 4.00. The van der Waals surface area contributed by atoms with Crippen molar-refractivity contribution < 1.29 is 4.79 Å². The second-order valence-corrected chi connectivity index (χ2v) is 6.79. The topological polar surface area (TPSA) is 41.1 Å². The predicted octanol–water partition coefficient (Wildman–Crippen LogP) is 2.59. The zero-order valence-corrected chi connectivity index (χ0v) is 13.5. The van der Waals surface area contributed by atoms with Gasteiger partial charge < -0.3 is 10.6 Å². The summed E-state index contributed by atoms with van der Waals surface area (Å²) in [5.41, 5.74) is 0. The van der Waals surface area contributed by atoms with Crippen LogP contribution < -0.4 is 10.6 Å². The highest BCUT2D eigenvalue weighted by atomic mass is 35.5. The Morgan fingerprint density at radius 2 is 2.26 bits per heavy atom. The molecular formula is C14H27ClN2OS. The molecule has 3 nitrogen and oxygen atoms in total. The SMILES string of the molecule is CCC1CCCC(NC(=O)CC2CSCCN2)C1.Cl. The van der Waals surface area contributed by atoms with E-state index in [1.54, 1.807) is 0 Å². The lowest BCUT2D eigenvalue weighted by molar-refractivity contribution is -0.122. The zero-order valence-electron chi connectivity index (χ0n) is 11.8. The summed E-state index contributed by atoms with van der Waals surface area (Å²) in [6.45, 7) is 3.31. The van der Waals surface area contributed by atoms with E-state index in [2.05, 4.69) is 17.6 Å². The highest BCUT2D eigenvalue weighted by Gasteiger charge is 2.23. The van der Waals surface area contributed by atoms with Crippen LogP contribution in [0.5, 0.6) is 0 Å². The minimum atomic E-state index is 0. The van der Waals surface area contributed by atoms with Crippen LogP contribution in [0.15, 0.2) is 0 Å². The number of carbonyl (C=O) groups excluding carboxylic acids is 1. The van der Waals surface area contributed by atoms with E-state index >= 15 is 0 Å². The molecule has 2 rings (SSSR count). The van der Waals surface area contributed by atoms with Crippen molar-refractivity contribution in [2.75, 3.05) is 18.1 Å². The summed E-state index contributed by atoms with van der Waals surface area (Å²) in [5, 5.41) is 6.67. The molecule has 3 unspecified atom stereocenters. The van der Waals surface area contributed by atoms with E-state index in [4.69, 9.17) is 0 Å². The van der Waals surface area contributed by atoms with Gasteiger partial charge in [0.15, 0.2) is 0 Å². The van der Waals surface area contributed by atoms with Crippen molar-refractivity contribution in [1.29, 1.82) is 0 Å². The van der Waals surface area contributed by atoms with Gasteiger partial charge in [0.2, 0.25) is 5.91 Å². The molecule has 0 radical (unpaired) electrons. The van der Waals surface area contributed by atoms with E-state index in [9.17, 15) is 4.79 Å². The van der Waals surface area contributed by atoms with Crippen molar-refractivity contribution in [3.05, 3.63) is 0 Å². The van der Waals surface area contributed by atoms with Gasteiger partial charge >= 0.3 is 0 Å². The third-order valence-electron chi connectivity index (χ3n) is 4.16. The summed E-state index contributed by atoms with van der Waals surface area (Å²) in [6, 6.07) is 0.821. The molecule has 5 heteroatoms. The van der Waals surface area contributed by atoms with Gasteiger partial charge in [0, 0.05) is 36.6 Å². The van der Waals surface area contributed by atoms with Crippen LogP contribution in [0.1, 0.15) is 45.4 Å². The normalized spacial score (nSPS) is 31.3. The smallest absolute Gasteiger partial charge is 0.221 e. The Morgan fingerprint density at radius 1 is 1.42 bits per heavy atom. The number of nitrogens with one attached hydrogen (secondary N) is 2. The molecule has 0 aromatic carbocycles. The summed E-state index contributed by atoms with van der Waals surface area (Å²) >= 11 is 1.95. The molecule has 2 N–H and O–H groups in total. The van der Waals surface area contributed by atoms with Crippen LogP contribution in [0.2, 0.25) is 0 Å². The van der Waals surface area contributed by atoms with E-state index in [0.717, 1.165) is 18.2 Å². The molecule has 2 fully saturated rings. The first kappa shape index (κ1) is 17.1. The fraction of sp³-hybridized carbons (Fsp3) is 0.929. The molecule has 1 amide bonds. The minimum absolute atomic E-state index is 0. The molecular weight excluding hydrogens is 280 g/mol. The van der Waals surface area contributed by atoms with Gasteiger partial charge in [0.1, 0.15) is 0 Å². The molecule has 2 aliphatic rings. The van der Waals surface area contributed by atoms with Gasteiger partial charge in [0.05, 0.1) is 0 Å². The predicted molar refractivity (Wildman–Crippen MR) is 85.2 cm³/mol. The Hall–Kier alpha value is 0.0700. The molecule has 1 aliphatic heterocycles. The largest absolute Gasteiger partial charge is 0.353 e. The van der Waals surface area contributed by atoms with Crippen LogP contribution in [0.4, 0.5) is 0 Å². The Bertz CT molecular complexity index is 272. The van der Waals surface area contributed by atoms with Crippen molar-refractivity contribution in [3.8, 4) is 0 Å². The Morgan fingerprint density at radius 3 is 2.95 bits per heavy atom. The zero-order chi connectivity index (χ0) is 12.8. The second-order valence-electron chi connectivity index (χ2n) is 5.64. The first-order chi connectivity index (χ1) is 8.78. The molecule has 0 spiro atoms. The first-order valence-corrected chi connectivity index (χ1v) is 8.54. The highest BCUT2D eigenvalue weighted by molar-refractivity contribution is 7.99. The van der Waals surface area contributed by atoms with Gasteiger partial charge in [-0.25, -0.2) is 0 Å². The third kappa shape index (κ3) is 5.92. The monoisotopic (exact) mass is 306 g/mol. The molecule has 0 aromatic rings. The molecule has 3 atom stereocenters. The van der Waals surface area contributed by atoms with E-state index in [-0.39, 0.29) is 18.3 Å². The van der Waals surface area contributed by atoms with E-state index in [1.807, 2.05) is 11.8 Å². The number of hydrogen-bond donors (Lipinski definition) is 2. The summed E-state index contributed by atoms with van der Waals surface area (Å²) in [5.74, 6) is 3.33. The number of thioether (sulfide) groups is 1. The Kier molecular flexibility index (Phi) is 8.19. The minimum Gasteiger partial charge on any atom is -0.353 e. The standard InChI is InChI=1S/C14H26N2OS.ClH/c1-2-11-4-3-5-12(8-11)16-14(17)9-13-10-18-7-6-15-13;/h11-13,15H,2-10H2,1H3,(H,16,17);1H. The van der Waals surface area contributed by atoms with Crippen molar-refractivity contribution >= 4 is 30.1 Å². The van der Waals surface area contributed by atoms with Crippen LogP contribution in [0, 0.1) is 5.92 Å². The van der Waals surface area contributed by atoms with Gasteiger partial charge in [-0.2, -0.15) is 11.8 Å². The molecule has 1 aliphatic carbocycles. The molecule has 0 bridgehead atoms. The molecule has 1 saturated carbocycles. The molecule has 19 heavy (non-hydrogen) atoms. The van der Waals surface area contributed by atoms with Crippen LogP contribution in [0.3, 0.4) is 0 Å². The van der Waals surface area contributed by atoms with E-state index in [1.165, 1.54) is 37.9 Å². The lowest BCUT2D eigenvalue weighted by Gasteiger charge is -2.30. The maximum Gasteiger partial charge on any atom is 0.221 e. The Labute approximate surface area is 127 Å². The van der Waals surface area contributed by atoms with Gasteiger partial charge in [-0.15, -0.1) is 12.4 Å². The van der Waals surface area contributed by atoms with E-state index < -0.39 is 0 Å².